The van der Waals surface area contributed by atoms with Crippen LogP contribution in [0.2, 0.25) is 0 Å². The van der Waals surface area contributed by atoms with Gasteiger partial charge < -0.3 is 20.4 Å². The van der Waals surface area contributed by atoms with Gasteiger partial charge in [-0.25, -0.2) is 9.59 Å². The molecule has 0 radical (unpaired) electrons. The van der Waals surface area contributed by atoms with Gasteiger partial charge in [-0.05, 0) is 53.8 Å². The van der Waals surface area contributed by atoms with Crippen LogP contribution in [0.15, 0.2) is 51.7 Å². The lowest BCUT2D eigenvalue weighted by Gasteiger charge is -2.27. The smallest absolute Gasteiger partial charge is 0.408 e. The standard InChI is InChI=1S/C26H25N5O5S/c1-13(2)14-3-6-16(7-4-14)28-25(34)30-23-21(22(27)32)17-9-10-31(12-20(17)37-23)24(33)15-5-8-18-19(11-15)36-26(35)29-18/h3-8,11,13H,9-10,12H2,1-2H3,(H2,27,32)(H,29,35)(H2,28,30,34). The van der Waals surface area contributed by atoms with Crippen molar-refractivity contribution in [2.45, 2.75) is 32.7 Å². The molecule has 0 saturated carbocycles. The predicted molar refractivity (Wildman–Crippen MR) is 141 cm³/mol. The number of thiophene rings is 1. The minimum Gasteiger partial charge on any atom is -0.408 e. The second-order valence-corrected chi connectivity index (χ2v) is 10.2. The number of hydrogen-bond donors (Lipinski definition) is 4. The van der Waals surface area contributed by atoms with E-state index in [2.05, 4.69) is 29.5 Å². The molecule has 10 nitrogen and oxygen atoms in total. The average Bonchev–Trinajstić information content (AvgIpc) is 3.41. The number of aromatic amines is 1. The Morgan fingerprint density at radius 1 is 1.11 bits per heavy atom. The number of amides is 4. The van der Waals surface area contributed by atoms with Crippen LogP contribution in [0.4, 0.5) is 15.5 Å². The Bertz CT molecular complexity index is 1580. The summed E-state index contributed by atoms with van der Waals surface area (Å²) in [6.07, 6.45) is 0.414. The zero-order chi connectivity index (χ0) is 26.3. The normalized spacial score (nSPS) is 13.0. The summed E-state index contributed by atoms with van der Waals surface area (Å²) in [5.41, 5.74) is 9.66. The molecule has 37 heavy (non-hydrogen) atoms. The van der Waals surface area contributed by atoms with Gasteiger partial charge in [-0.2, -0.15) is 0 Å². The number of aromatic nitrogens is 1. The SMILES string of the molecule is CC(C)c1ccc(NC(=O)Nc2sc3c(c2C(N)=O)CCN(C(=O)c2ccc4[nH]c(=O)oc4c2)C3)cc1. The molecule has 0 atom stereocenters. The molecule has 0 saturated heterocycles. The molecule has 2 aromatic carbocycles. The Morgan fingerprint density at radius 2 is 1.86 bits per heavy atom. The Labute approximate surface area is 215 Å². The van der Waals surface area contributed by atoms with Crippen LogP contribution in [0.5, 0.6) is 0 Å². The topological polar surface area (TPSA) is 151 Å². The monoisotopic (exact) mass is 519 g/mol. The van der Waals surface area contributed by atoms with Crippen LogP contribution in [0, 0.1) is 0 Å². The van der Waals surface area contributed by atoms with Crippen molar-refractivity contribution in [1.82, 2.24) is 9.88 Å². The molecule has 0 aliphatic carbocycles. The first-order valence-corrected chi connectivity index (χ1v) is 12.6. The van der Waals surface area contributed by atoms with E-state index in [-0.39, 0.29) is 18.0 Å². The quantitative estimate of drug-likeness (QED) is 0.311. The highest BCUT2D eigenvalue weighted by atomic mass is 32.1. The predicted octanol–water partition coefficient (Wildman–Crippen LogP) is 4.25. The molecule has 11 heteroatoms. The fraction of sp³-hybridized carbons (Fsp3) is 0.231. The lowest BCUT2D eigenvalue weighted by molar-refractivity contribution is 0.0737. The maximum Gasteiger partial charge on any atom is 0.417 e. The van der Waals surface area contributed by atoms with Gasteiger partial charge in [0.1, 0.15) is 5.00 Å². The summed E-state index contributed by atoms with van der Waals surface area (Å²) in [5, 5.41) is 5.87. The number of benzene rings is 2. The van der Waals surface area contributed by atoms with Crippen molar-refractivity contribution < 1.29 is 18.8 Å². The second-order valence-electron chi connectivity index (χ2n) is 9.13. The summed E-state index contributed by atoms with van der Waals surface area (Å²) >= 11 is 1.23. The van der Waals surface area contributed by atoms with Crippen molar-refractivity contribution in [2.24, 2.45) is 5.73 Å². The largest absolute Gasteiger partial charge is 0.417 e. The van der Waals surface area contributed by atoms with Gasteiger partial charge in [0.15, 0.2) is 5.58 Å². The minimum atomic E-state index is -0.637. The number of carbonyl (C=O) groups is 3. The summed E-state index contributed by atoms with van der Waals surface area (Å²) in [6.45, 7) is 4.81. The molecule has 190 valence electrons. The van der Waals surface area contributed by atoms with Crippen LogP contribution in [0.1, 0.15) is 56.5 Å². The van der Waals surface area contributed by atoms with Crippen molar-refractivity contribution in [3.8, 4) is 0 Å². The molecule has 0 fully saturated rings. The van der Waals surface area contributed by atoms with Crippen molar-refractivity contribution in [2.75, 3.05) is 17.2 Å². The molecule has 0 spiro atoms. The molecule has 5 rings (SSSR count). The number of primary amides is 1. The number of nitrogens with two attached hydrogens (primary N) is 1. The van der Waals surface area contributed by atoms with Crippen LogP contribution in [-0.4, -0.2) is 34.3 Å². The van der Waals surface area contributed by atoms with E-state index >= 15 is 0 Å². The lowest BCUT2D eigenvalue weighted by Crippen LogP contribution is -2.35. The fourth-order valence-corrected chi connectivity index (χ4v) is 5.67. The van der Waals surface area contributed by atoms with Gasteiger partial charge in [0.25, 0.3) is 11.8 Å². The van der Waals surface area contributed by atoms with E-state index in [1.807, 2.05) is 24.3 Å². The minimum absolute atomic E-state index is 0.234. The second kappa shape index (κ2) is 9.58. The molecule has 1 aliphatic heterocycles. The number of oxazole rings is 1. The molecule has 5 N–H and O–H groups in total. The molecule has 1 aliphatic rings. The van der Waals surface area contributed by atoms with Crippen LogP contribution in [-0.2, 0) is 13.0 Å². The van der Waals surface area contributed by atoms with Crippen molar-refractivity contribution in [1.29, 1.82) is 0 Å². The van der Waals surface area contributed by atoms with Crippen LogP contribution < -0.4 is 22.1 Å². The molecular weight excluding hydrogens is 494 g/mol. The summed E-state index contributed by atoms with van der Waals surface area (Å²) in [6, 6.07) is 11.8. The van der Waals surface area contributed by atoms with E-state index in [4.69, 9.17) is 10.2 Å². The Morgan fingerprint density at radius 3 is 2.57 bits per heavy atom. The highest BCUT2D eigenvalue weighted by Gasteiger charge is 2.30. The summed E-state index contributed by atoms with van der Waals surface area (Å²) in [4.78, 5) is 54.5. The average molecular weight is 520 g/mol. The van der Waals surface area contributed by atoms with Crippen LogP contribution in [0.3, 0.4) is 0 Å². The van der Waals surface area contributed by atoms with Gasteiger partial charge in [0, 0.05) is 22.7 Å². The van der Waals surface area contributed by atoms with E-state index in [9.17, 15) is 19.2 Å². The van der Waals surface area contributed by atoms with E-state index in [0.29, 0.717) is 46.2 Å². The fourth-order valence-electron chi connectivity index (χ4n) is 4.40. The highest BCUT2D eigenvalue weighted by Crippen LogP contribution is 2.37. The number of hydrogen-bond acceptors (Lipinski definition) is 6. The highest BCUT2D eigenvalue weighted by molar-refractivity contribution is 7.17. The number of rotatable bonds is 5. The number of H-pyrrole nitrogens is 1. The first kappa shape index (κ1) is 24.3. The number of nitrogens with zero attached hydrogens (tertiary/aromatic N) is 1. The molecule has 0 unspecified atom stereocenters. The van der Waals surface area contributed by atoms with Gasteiger partial charge in [-0.15, -0.1) is 11.3 Å². The third kappa shape index (κ3) is 4.85. The maximum absolute atomic E-state index is 13.2. The summed E-state index contributed by atoms with van der Waals surface area (Å²) < 4.78 is 5.07. The molecule has 4 amide bonds. The first-order valence-electron chi connectivity index (χ1n) is 11.7. The number of fused-ring (bicyclic) bond motifs is 2. The van der Waals surface area contributed by atoms with Crippen molar-refractivity contribution >= 4 is 51.0 Å². The number of urea groups is 1. The Hall–Kier alpha value is -4.38. The number of anilines is 2. The zero-order valence-corrected chi connectivity index (χ0v) is 21.0. The molecule has 2 aromatic heterocycles. The molecular formula is C26H25N5O5S. The van der Waals surface area contributed by atoms with E-state index in [1.54, 1.807) is 17.0 Å². The number of nitrogens with one attached hydrogen (secondary N) is 3. The van der Waals surface area contributed by atoms with Crippen LogP contribution in [0.25, 0.3) is 11.1 Å². The summed E-state index contributed by atoms with van der Waals surface area (Å²) in [5.74, 6) is -1.08. The zero-order valence-electron chi connectivity index (χ0n) is 20.2. The van der Waals surface area contributed by atoms with Gasteiger partial charge in [0.05, 0.1) is 17.6 Å². The molecule has 3 heterocycles. The Balaban J connectivity index is 1.33. The first-order chi connectivity index (χ1) is 17.7. The maximum atomic E-state index is 13.2. The van der Waals surface area contributed by atoms with Gasteiger partial charge in [-0.3, -0.25) is 19.9 Å². The van der Waals surface area contributed by atoms with Gasteiger partial charge in [-0.1, -0.05) is 26.0 Å². The van der Waals surface area contributed by atoms with Crippen molar-refractivity contribution in [3.05, 3.63) is 80.1 Å². The van der Waals surface area contributed by atoms with Gasteiger partial charge >= 0.3 is 11.8 Å². The van der Waals surface area contributed by atoms with E-state index in [1.165, 1.54) is 17.4 Å². The van der Waals surface area contributed by atoms with E-state index < -0.39 is 17.7 Å². The van der Waals surface area contributed by atoms with Gasteiger partial charge in [0.2, 0.25) is 0 Å². The Kier molecular flexibility index (Phi) is 6.30. The van der Waals surface area contributed by atoms with Crippen LogP contribution >= 0.6 is 11.3 Å². The third-order valence-electron chi connectivity index (χ3n) is 6.32. The van der Waals surface area contributed by atoms with Crippen molar-refractivity contribution in [3.63, 3.8) is 0 Å². The number of carbonyl (C=O) groups excluding carboxylic acids is 3. The third-order valence-corrected chi connectivity index (χ3v) is 7.45. The lowest BCUT2D eigenvalue weighted by atomic mass is 10.0. The molecule has 0 bridgehead atoms. The molecule has 4 aromatic rings. The summed E-state index contributed by atoms with van der Waals surface area (Å²) in [7, 11) is 0. The van der Waals surface area contributed by atoms with E-state index in [0.717, 1.165) is 16.0 Å².